The third kappa shape index (κ3) is 3.57. The first-order chi connectivity index (χ1) is 6.80. The minimum atomic E-state index is -0.645. The van der Waals surface area contributed by atoms with E-state index in [4.69, 9.17) is 0 Å². The van der Waals surface area contributed by atoms with E-state index in [0.29, 0.717) is 10.2 Å². The van der Waals surface area contributed by atoms with E-state index in [0.717, 1.165) is 0 Å². The number of amides is 1. The molecule has 1 N–H and O–H groups in total. The number of anilines is 1. The van der Waals surface area contributed by atoms with Gasteiger partial charge in [-0.15, -0.1) is 0 Å². The van der Waals surface area contributed by atoms with Crippen LogP contribution in [0, 0.1) is 5.82 Å². The quantitative estimate of drug-likeness (QED) is 0.818. The van der Waals surface area contributed by atoms with Gasteiger partial charge in [0.25, 0.3) is 0 Å². The van der Waals surface area contributed by atoms with Gasteiger partial charge in [-0.1, -0.05) is 15.9 Å². The Morgan fingerprint density at radius 3 is 2.53 bits per heavy atom. The van der Waals surface area contributed by atoms with Crippen LogP contribution in [0.2, 0.25) is 0 Å². The fourth-order valence-electron chi connectivity index (χ4n) is 0.854. The molecule has 0 aliphatic heterocycles. The highest BCUT2D eigenvalue weighted by Gasteiger charge is 2.23. The summed E-state index contributed by atoms with van der Waals surface area (Å²) in [6, 6.07) is 4.32. The Hall–Kier alpha value is -0.420. The molecule has 0 saturated carbocycles. The maximum atomic E-state index is 12.9. The molecule has 82 valence electrons. The van der Waals surface area contributed by atoms with Gasteiger partial charge in [0, 0.05) is 5.69 Å². The van der Waals surface area contributed by atoms with Crippen LogP contribution >= 0.6 is 31.9 Å². The Morgan fingerprint density at radius 1 is 1.47 bits per heavy atom. The molecule has 0 unspecified atom stereocenters. The van der Waals surface area contributed by atoms with Gasteiger partial charge < -0.3 is 5.32 Å². The summed E-state index contributed by atoms with van der Waals surface area (Å²) in [6.07, 6.45) is 0. The van der Waals surface area contributed by atoms with Crippen molar-refractivity contribution in [1.82, 2.24) is 0 Å². The van der Waals surface area contributed by atoms with E-state index < -0.39 is 4.32 Å². The summed E-state index contributed by atoms with van der Waals surface area (Å²) < 4.78 is 12.6. The van der Waals surface area contributed by atoms with Crippen LogP contribution in [-0.4, -0.2) is 10.2 Å². The van der Waals surface area contributed by atoms with Crippen molar-refractivity contribution in [2.75, 3.05) is 5.32 Å². The van der Waals surface area contributed by atoms with Crippen molar-refractivity contribution in [2.45, 2.75) is 18.2 Å². The molecule has 0 heterocycles. The van der Waals surface area contributed by atoms with Crippen LogP contribution in [0.25, 0.3) is 0 Å². The molecule has 1 aromatic rings. The number of benzene rings is 1. The zero-order chi connectivity index (χ0) is 11.6. The second kappa shape index (κ2) is 4.61. The number of nitrogens with one attached hydrogen (secondary N) is 1. The fourth-order valence-corrected chi connectivity index (χ4v) is 1.33. The topological polar surface area (TPSA) is 29.1 Å². The first-order valence-electron chi connectivity index (χ1n) is 4.26. The molecule has 0 fully saturated rings. The summed E-state index contributed by atoms with van der Waals surface area (Å²) in [5, 5.41) is 2.67. The minimum absolute atomic E-state index is 0.180. The van der Waals surface area contributed by atoms with Gasteiger partial charge in [-0.25, -0.2) is 4.39 Å². The molecule has 0 atom stereocenters. The Labute approximate surface area is 105 Å². The number of hydrogen-bond acceptors (Lipinski definition) is 1. The molecule has 2 nitrogen and oxygen atoms in total. The first kappa shape index (κ1) is 12.6. The Bertz CT molecular complexity index is 387. The lowest BCUT2D eigenvalue weighted by atomic mass is 10.2. The van der Waals surface area contributed by atoms with Crippen molar-refractivity contribution in [1.29, 1.82) is 0 Å². The number of rotatable bonds is 2. The number of carbonyl (C=O) groups is 1. The standard InChI is InChI=1S/C10H10Br2FNO/c1-10(2,12)9(15)14-6-3-4-8(13)7(11)5-6/h3-5H,1-2H3,(H,14,15). The summed E-state index contributed by atoms with van der Waals surface area (Å²) in [5.41, 5.74) is 0.556. The van der Waals surface area contributed by atoms with E-state index in [1.54, 1.807) is 13.8 Å². The van der Waals surface area contributed by atoms with Gasteiger partial charge in [0.1, 0.15) is 5.82 Å². The van der Waals surface area contributed by atoms with Gasteiger partial charge in [0.05, 0.1) is 8.80 Å². The highest BCUT2D eigenvalue weighted by molar-refractivity contribution is 9.10. The average Bonchev–Trinajstić information content (AvgIpc) is 2.10. The molecule has 0 aliphatic carbocycles. The monoisotopic (exact) mass is 337 g/mol. The van der Waals surface area contributed by atoms with Gasteiger partial charge in [-0.3, -0.25) is 4.79 Å². The second-order valence-corrected chi connectivity index (χ2v) is 6.39. The SMILES string of the molecule is CC(C)(Br)C(=O)Nc1ccc(F)c(Br)c1. The molecule has 0 aliphatic rings. The molecule has 0 aromatic heterocycles. The van der Waals surface area contributed by atoms with E-state index in [-0.39, 0.29) is 11.7 Å². The summed E-state index contributed by atoms with van der Waals surface area (Å²) in [7, 11) is 0. The van der Waals surface area contributed by atoms with Crippen molar-refractivity contribution in [3.8, 4) is 0 Å². The van der Waals surface area contributed by atoms with Crippen LogP contribution in [0.3, 0.4) is 0 Å². The van der Waals surface area contributed by atoms with Gasteiger partial charge in [0.15, 0.2) is 0 Å². The molecular weight excluding hydrogens is 329 g/mol. The lowest BCUT2D eigenvalue weighted by Crippen LogP contribution is -2.30. The summed E-state index contributed by atoms with van der Waals surface area (Å²) in [4.78, 5) is 11.6. The zero-order valence-corrected chi connectivity index (χ0v) is 11.4. The van der Waals surface area contributed by atoms with E-state index in [1.165, 1.54) is 18.2 Å². The highest BCUT2D eigenvalue weighted by Crippen LogP contribution is 2.22. The third-order valence-electron chi connectivity index (χ3n) is 1.72. The fraction of sp³-hybridized carbons (Fsp3) is 0.300. The summed E-state index contributed by atoms with van der Waals surface area (Å²) in [5.74, 6) is -0.535. The van der Waals surface area contributed by atoms with Crippen molar-refractivity contribution < 1.29 is 9.18 Å². The molecule has 1 rings (SSSR count). The Morgan fingerprint density at radius 2 is 2.07 bits per heavy atom. The van der Waals surface area contributed by atoms with Gasteiger partial charge in [0.2, 0.25) is 5.91 Å². The molecule has 1 aromatic carbocycles. The van der Waals surface area contributed by atoms with Crippen molar-refractivity contribution in [3.05, 3.63) is 28.5 Å². The van der Waals surface area contributed by atoms with Crippen LogP contribution in [0.5, 0.6) is 0 Å². The lowest BCUT2D eigenvalue weighted by molar-refractivity contribution is -0.117. The van der Waals surface area contributed by atoms with Crippen LogP contribution in [0.1, 0.15) is 13.8 Å². The predicted molar refractivity (Wildman–Crippen MR) is 65.7 cm³/mol. The molecule has 0 bridgehead atoms. The van der Waals surface area contributed by atoms with Crippen LogP contribution in [0.4, 0.5) is 10.1 Å². The molecule has 0 spiro atoms. The average molecular weight is 339 g/mol. The largest absolute Gasteiger partial charge is 0.325 e. The minimum Gasteiger partial charge on any atom is -0.325 e. The van der Waals surface area contributed by atoms with Gasteiger partial charge in [-0.2, -0.15) is 0 Å². The highest BCUT2D eigenvalue weighted by atomic mass is 79.9. The van der Waals surface area contributed by atoms with Crippen molar-refractivity contribution in [2.24, 2.45) is 0 Å². The van der Waals surface area contributed by atoms with E-state index >= 15 is 0 Å². The summed E-state index contributed by atoms with van der Waals surface area (Å²) in [6.45, 7) is 3.47. The predicted octanol–water partition coefficient (Wildman–Crippen LogP) is 3.70. The van der Waals surface area contributed by atoms with E-state index in [9.17, 15) is 9.18 Å². The maximum Gasteiger partial charge on any atom is 0.240 e. The number of halogens is 3. The lowest BCUT2D eigenvalue weighted by Gasteiger charge is -2.15. The smallest absolute Gasteiger partial charge is 0.240 e. The number of carbonyl (C=O) groups excluding carboxylic acids is 1. The van der Waals surface area contributed by atoms with Gasteiger partial charge >= 0.3 is 0 Å². The number of alkyl halides is 1. The maximum absolute atomic E-state index is 12.9. The van der Waals surface area contributed by atoms with Crippen LogP contribution in [0.15, 0.2) is 22.7 Å². The Balaban J connectivity index is 2.83. The molecule has 0 radical (unpaired) electrons. The molecule has 15 heavy (non-hydrogen) atoms. The van der Waals surface area contributed by atoms with Crippen molar-refractivity contribution in [3.63, 3.8) is 0 Å². The Kier molecular flexibility index (Phi) is 3.89. The van der Waals surface area contributed by atoms with Gasteiger partial charge in [-0.05, 0) is 48.0 Å². The van der Waals surface area contributed by atoms with E-state index in [1.807, 2.05) is 0 Å². The molecule has 0 saturated heterocycles. The van der Waals surface area contributed by atoms with Crippen LogP contribution < -0.4 is 5.32 Å². The third-order valence-corrected chi connectivity index (χ3v) is 2.69. The number of hydrogen-bond donors (Lipinski definition) is 1. The molecule has 5 heteroatoms. The van der Waals surface area contributed by atoms with E-state index in [2.05, 4.69) is 37.2 Å². The summed E-state index contributed by atoms with van der Waals surface area (Å²) >= 11 is 6.28. The first-order valence-corrected chi connectivity index (χ1v) is 5.85. The second-order valence-electron chi connectivity index (χ2n) is 3.56. The zero-order valence-electron chi connectivity index (χ0n) is 8.27. The molecular formula is C10H10Br2FNO. The normalized spacial score (nSPS) is 11.3. The van der Waals surface area contributed by atoms with Crippen molar-refractivity contribution >= 4 is 43.5 Å². The molecule has 1 amide bonds. The van der Waals surface area contributed by atoms with Crippen LogP contribution in [-0.2, 0) is 4.79 Å².